The summed E-state index contributed by atoms with van der Waals surface area (Å²) in [6, 6.07) is 0. The Morgan fingerprint density at radius 1 is 1.32 bits per heavy atom. The number of rotatable bonds is 8. The standard InChI is InChI=1S/C19H34O3/c1-5-21-14-15-22-18(2,3)10-6-8-17-9-7-11-19(4,16-17)12-13-20/h17,20H,5,7-9,11-16H2,1-4H3/t17-,19+/m1/s1. The molecule has 0 heterocycles. The van der Waals surface area contributed by atoms with E-state index in [1.165, 1.54) is 25.7 Å². The lowest BCUT2D eigenvalue weighted by molar-refractivity contribution is -0.0112. The van der Waals surface area contributed by atoms with E-state index in [0.29, 0.717) is 31.2 Å². The third-order valence-corrected chi connectivity index (χ3v) is 4.56. The highest BCUT2D eigenvalue weighted by Gasteiger charge is 2.31. The quantitative estimate of drug-likeness (QED) is 0.547. The van der Waals surface area contributed by atoms with Gasteiger partial charge in [0.15, 0.2) is 0 Å². The summed E-state index contributed by atoms with van der Waals surface area (Å²) in [5, 5.41) is 9.22. The van der Waals surface area contributed by atoms with Crippen molar-refractivity contribution < 1.29 is 14.6 Å². The Morgan fingerprint density at radius 3 is 2.77 bits per heavy atom. The fraction of sp³-hybridized carbons (Fsp3) is 0.895. The first-order valence-corrected chi connectivity index (χ1v) is 8.73. The molecule has 1 fully saturated rings. The van der Waals surface area contributed by atoms with Crippen molar-refractivity contribution in [1.29, 1.82) is 0 Å². The fourth-order valence-electron chi connectivity index (χ4n) is 3.33. The van der Waals surface area contributed by atoms with Crippen molar-refractivity contribution in [3.05, 3.63) is 0 Å². The average Bonchev–Trinajstić information content (AvgIpc) is 2.43. The van der Waals surface area contributed by atoms with E-state index in [0.717, 1.165) is 19.4 Å². The molecule has 0 amide bonds. The number of ether oxygens (including phenoxy) is 2. The Morgan fingerprint density at radius 2 is 2.09 bits per heavy atom. The molecule has 1 rings (SSSR count). The van der Waals surface area contributed by atoms with Crippen LogP contribution in [0, 0.1) is 23.2 Å². The van der Waals surface area contributed by atoms with Gasteiger partial charge in [-0.15, -0.1) is 0 Å². The molecule has 0 aliphatic heterocycles. The predicted molar refractivity (Wildman–Crippen MR) is 90.7 cm³/mol. The molecule has 1 saturated carbocycles. The summed E-state index contributed by atoms with van der Waals surface area (Å²) in [5.41, 5.74) is -0.0942. The summed E-state index contributed by atoms with van der Waals surface area (Å²) in [5.74, 6) is 7.27. The molecule has 0 bridgehead atoms. The maximum Gasteiger partial charge on any atom is 0.123 e. The van der Waals surface area contributed by atoms with Crippen LogP contribution in [0.3, 0.4) is 0 Å². The van der Waals surface area contributed by atoms with E-state index >= 15 is 0 Å². The van der Waals surface area contributed by atoms with Crippen molar-refractivity contribution in [3.8, 4) is 11.8 Å². The lowest BCUT2D eigenvalue weighted by atomic mass is 9.68. The molecule has 3 nitrogen and oxygen atoms in total. The lowest BCUT2D eigenvalue weighted by Crippen LogP contribution is -2.27. The van der Waals surface area contributed by atoms with Crippen LogP contribution in [0.2, 0.25) is 0 Å². The van der Waals surface area contributed by atoms with E-state index in [4.69, 9.17) is 9.47 Å². The minimum absolute atomic E-state index is 0.301. The Hall–Kier alpha value is -0.560. The highest BCUT2D eigenvalue weighted by atomic mass is 16.5. The summed E-state index contributed by atoms with van der Waals surface area (Å²) < 4.78 is 11.0. The summed E-state index contributed by atoms with van der Waals surface area (Å²) in [7, 11) is 0. The van der Waals surface area contributed by atoms with E-state index in [2.05, 4.69) is 18.8 Å². The van der Waals surface area contributed by atoms with E-state index in [1.807, 2.05) is 20.8 Å². The van der Waals surface area contributed by atoms with Crippen molar-refractivity contribution in [2.75, 3.05) is 26.4 Å². The van der Waals surface area contributed by atoms with E-state index in [-0.39, 0.29) is 0 Å². The van der Waals surface area contributed by atoms with Gasteiger partial charge in [-0.3, -0.25) is 0 Å². The molecule has 3 heteroatoms. The van der Waals surface area contributed by atoms with Crippen molar-refractivity contribution >= 4 is 0 Å². The second-order valence-electron chi connectivity index (χ2n) is 7.31. The summed E-state index contributed by atoms with van der Waals surface area (Å²) in [6.07, 6.45) is 6.82. The lowest BCUT2D eigenvalue weighted by Gasteiger charge is -2.37. The fourth-order valence-corrected chi connectivity index (χ4v) is 3.33. The first-order chi connectivity index (χ1) is 10.4. The van der Waals surface area contributed by atoms with Gasteiger partial charge in [-0.25, -0.2) is 0 Å². The smallest absolute Gasteiger partial charge is 0.123 e. The van der Waals surface area contributed by atoms with Gasteiger partial charge in [-0.05, 0) is 57.8 Å². The van der Waals surface area contributed by atoms with E-state index in [1.54, 1.807) is 0 Å². The number of aliphatic hydroxyl groups excluding tert-OH is 1. The minimum atomic E-state index is -0.403. The van der Waals surface area contributed by atoms with Gasteiger partial charge >= 0.3 is 0 Å². The van der Waals surface area contributed by atoms with Gasteiger partial charge in [0.25, 0.3) is 0 Å². The molecular weight excluding hydrogens is 276 g/mol. The molecule has 0 aromatic carbocycles. The molecule has 0 saturated heterocycles. The summed E-state index contributed by atoms with van der Waals surface area (Å²) in [6.45, 7) is 10.6. The average molecular weight is 310 g/mol. The zero-order valence-electron chi connectivity index (χ0n) is 14.9. The van der Waals surface area contributed by atoms with Crippen LogP contribution < -0.4 is 0 Å². The van der Waals surface area contributed by atoms with Gasteiger partial charge in [-0.2, -0.15) is 0 Å². The molecule has 0 radical (unpaired) electrons. The monoisotopic (exact) mass is 310 g/mol. The van der Waals surface area contributed by atoms with Crippen LogP contribution in [0.1, 0.15) is 66.2 Å². The highest BCUT2D eigenvalue weighted by molar-refractivity contribution is 5.11. The second-order valence-corrected chi connectivity index (χ2v) is 7.31. The zero-order chi connectivity index (χ0) is 16.5. The topological polar surface area (TPSA) is 38.7 Å². The molecule has 22 heavy (non-hydrogen) atoms. The molecule has 0 aromatic heterocycles. The molecule has 0 aromatic rings. The van der Waals surface area contributed by atoms with Gasteiger partial charge < -0.3 is 14.6 Å². The van der Waals surface area contributed by atoms with Gasteiger partial charge in [0.2, 0.25) is 0 Å². The molecule has 0 unspecified atom stereocenters. The first kappa shape index (κ1) is 19.5. The van der Waals surface area contributed by atoms with Crippen molar-refractivity contribution in [1.82, 2.24) is 0 Å². The Bertz CT molecular complexity index is 363. The maximum atomic E-state index is 9.22. The molecule has 2 atom stereocenters. The van der Waals surface area contributed by atoms with Crippen LogP contribution in [0.25, 0.3) is 0 Å². The van der Waals surface area contributed by atoms with Crippen LogP contribution in [-0.4, -0.2) is 37.1 Å². The number of hydrogen-bond acceptors (Lipinski definition) is 3. The number of hydrogen-bond donors (Lipinski definition) is 1. The Labute approximate surface area is 136 Å². The summed E-state index contributed by atoms with van der Waals surface area (Å²) in [4.78, 5) is 0. The SMILES string of the molecule is CCOCCOC(C)(C)C#CC[C@@H]1CCC[C@@](C)(CCO)C1. The Kier molecular flexibility index (Phi) is 8.46. The predicted octanol–water partition coefficient (Wildman–Crippen LogP) is 3.79. The molecular formula is C19H34O3. The summed E-state index contributed by atoms with van der Waals surface area (Å²) >= 11 is 0. The van der Waals surface area contributed by atoms with Gasteiger partial charge in [0.1, 0.15) is 5.60 Å². The van der Waals surface area contributed by atoms with Crippen LogP contribution in [0.4, 0.5) is 0 Å². The molecule has 1 N–H and O–H groups in total. The van der Waals surface area contributed by atoms with E-state index < -0.39 is 5.60 Å². The molecule has 128 valence electrons. The van der Waals surface area contributed by atoms with Gasteiger partial charge in [-0.1, -0.05) is 25.2 Å². The van der Waals surface area contributed by atoms with Crippen LogP contribution in [0.15, 0.2) is 0 Å². The van der Waals surface area contributed by atoms with E-state index in [9.17, 15) is 5.11 Å². The second kappa shape index (κ2) is 9.55. The third kappa shape index (κ3) is 7.63. The zero-order valence-corrected chi connectivity index (χ0v) is 14.9. The molecule has 0 spiro atoms. The first-order valence-electron chi connectivity index (χ1n) is 8.73. The van der Waals surface area contributed by atoms with Crippen LogP contribution >= 0.6 is 0 Å². The molecule has 1 aliphatic carbocycles. The van der Waals surface area contributed by atoms with Crippen molar-refractivity contribution in [3.63, 3.8) is 0 Å². The highest BCUT2D eigenvalue weighted by Crippen LogP contribution is 2.42. The van der Waals surface area contributed by atoms with Gasteiger partial charge in [0.05, 0.1) is 13.2 Å². The third-order valence-electron chi connectivity index (χ3n) is 4.56. The van der Waals surface area contributed by atoms with Crippen molar-refractivity contribution in [2.24, 2.45) is 11.3 Å². The normalized spacial score (nSPS) is 25.6. The molecule has 1 aliphatic rings. The Balaban J connectivity index is 2.38. The number of aliphatic hydroxyl groups is 1. The van der Waals surface area contributed by atoms with Crippen molar-refractivity contribution in [2.45, 2.75) is 71.8 Å². The van der Waals surface area contributed by atoms with Crippen LogP contribution in [0.5, 0.6) is 0 Å². The van der Waals surface area contributed by atoms with Gasteiger partial charge in [0, 0.05) is 19.6 Å². The van der Waals surface area contributed by atoms with Crippen LogP contribution in [-0.2, 0) is 9.47 Å². The largest absolute Gasteiger partial charge is 0.396 e. The minimum Gasteiger partial charge on any atom is -0.396 e. The maximum absolute atomic E-state index is 9.22.